The van der Waals surface area contributed by atoms with E-state index >= 15 is 0 Å². The van der Waals surface area contributed by atoms with E-state index in [1.54, 1.807) is 12.1 Å². The minimum Gasteiger partial charge on any atom is -0.451 e. The van der Waals surface area contributed by atoms with Crippen LogP contribution in [0.15, 0.2) is 40.8 Å². The molecule has 2 heterocycles. The van der Waals surface area contributed by atoms with E-state index < -0.39 is 11.9 Å². The predicted molar refractivity (Wildman–Crippen MR) is 126 cm³/mol. The average Bonchev–Trinajstić information content (AvgIpc) is 3.43. The first-order valence-electron chi connectivity index (χ1n) is 11.5. The van der Waals surface area contributed by atoms with Gasteiger partial charge in [-0.1, -0.05) is 32.0 Å². The molecule has 3 atom stereocenters. The van der Waals surface area contributed by atoms with Crippen LogP contribution in [0, 0.1) is 5.92 Å². The van der Waals surface area contributed by atoms with Gasteiger partial charge >= 0.3 is 6.03 Å². The Morgan fingerprint density at radius 2 is 1.94 bits per heavy atom. The Balaban J connectivity index is 1.67. The number of rotatable bonds is 7. The number of benzene rings is 1. The molecule has 178 valence electrons. The highest BCUT2D eigenvalue weighted by molar-refractivity contribution is 5.96. The van der Waals surface area contributed by atoms with E-state index in [1.807, 2.05) is 45.2 Å². The first-order chi connectivity index (χ1) is 15.7. The number of hydrogen-bond donors (Lipinski definition) is 3. The zero-order valence-corrected chi connectivity index (χ0v) is 20.1. The van der Waals surface area contributed by atoms with E-state index in [2.05, 4.69) is 22.9 Å². The number of quaternary nitrogens is 1. The molecule has 4 amide bonds. The second kappa shape index (κ2) is 10.2. The van der Waals surface area contributed by atoms with Crippen molar-refractivity contribution in [2.45, 2.75) is 52.2 Å². The van der Waals surface area contributed by atoms with Crippen molar-refractivity contribution >= 4 is 17.8 Å². The van der Waals surface area contributed by atoms with Crippen LogP contribution in [0.3, 0.4) is 0 Å². The maximum atomic E-state index is 12.8. The van der Waals surface area contributed by atoms with Crippen molar-refractivity contribution in [3.05, 3.63) is 47.7 Å². The summed E-state index contributed by atoms with van der Waals surface area (Å²) in [7, 11) is 3.53. The van der Waals surface area contributed by atoms with E-state index in [0.717, 1.165) is 30.5 Å². The zero-order valence-electron chi connectivity index (χ0n) is 20.1. The zero-order chi connectivity index (χ0) is 24.2. The van der Waals surface area contributed by atoms with E-state index in [4.69, 9.17) is 4.42 Å². The van der Waals surface area contributed by atoms with Crippen LogP contribution in [0.25, 0.3) is 11.3 Å². The first-order valence-corrected chi connectivity index (χ1v) is 11.5. The van der Waals surface area contributed by atoms with E-state index in [0.29, 0.717) is 22.8 Å². The molecular formula is C25H35N4O4+. The molecule has 3 N–H and O–H groups in total. The van der Waals surface area contributed by atoms with Crippen molar-refractivity contribution < 1.29 is 23.3 Å². The largest absolute Gasteiger partial charge is 0.451 e. The Morgan fingerprint density at radius 1 is 1.18 bits per heavy atom. The molecule has 1 aromatic carbocycles. The third kappa shape index (κ3) is 5.45. The number of furan rings is 1. The second-order valence-corrected chi connectivity index (χ2v) is 9.32. The number of hydrogen-bond acceptors (Lipinski definition) is 4. The second-order valence-electron chi connectivity index (χ2n) is 9.32. The van der Waals surface area contributed by atoms with Crippen molar-refractivity contribution in [3.63, 3.8) is 0 Å². The fourth-order valence-corrected chi connectivity index (χ4v) is 4.23. The summed E-state index contributed by atoms with van der Waals surface area (Å²) in [4.78, 5) is 37.4. The minimum absolute atomic E-state index is 0.0400. The standard InChI is InChI=1S/C25H34N4O4/c1-16(2)22(24(31)26-4)28-23(30)21-12-11-20(33-21)19-10-6-9-18(14-19)15-27-25(32)29(5)13-7-8-17(29)3/h6,9-12,14,16-17,22H,7-8,13,15H2,1-5H3,(H2-,26,27,28,30,31,32)/p+1/t17-,22+,29?/m1/s1. The Labute approximate surface area is 195 Å². The molecule has 0 aliphatic carbocycles. The molecule has 2 aromatic rings. The van der Waals surface area contributed by atoms with Gasteiger partial charge in [-0.05, 0) is 36.6 Å². The summed E-state index contributed by atoms with van der Waals surface area (Å²) in [5.41, 5.74) is 1.75. The van der Waals surface area contributed by atoms with Crippen molar-refractivity contribution in [1.29, 1.82) is 0 Å². The molecule has 0 saturated carbocycles. The van der Waals surface area contributed by atoms with E-state index in [-0.39, 0.29) is 23.6 Å². The fourth-order valence-electron chi connectivity index (χ4n) is 4.23. The first kappa shape index (κ1) is 24.5. The van der Waals surface area contributed by atoms with Crippen molar-refractivity contribution in [3.8, 4) is 11.3 Å². The van der Waals surface area contributed by atoms with Gasteiger partial charge in [-0.25, -0.2) is 9.28 Å². The Morgan fingerprint density at radius 3 is 2.58 bits per heavy atom. The lowest BCUT2D eigenvalue weighted by Crippen LogP contribution is -2.56. The van der Waals surface area contributed by atoms with Crippen LogP contribution in [0.5, 0.6) is 0 Å². The van der Waals surface area contributed by atoms with Gasteiger partial charge in [-0.15, -0.1) is 0 Å². The number of carbonyl (C=O) groups is 3. The molecule has 1 aromatic heterocycles. The molecule has 0 bridgehead atoms. The molecule has 8 nitrogen and oxygen atoms in total. The molecular weight excluding hydrogens is 420 g/mol. The monoisotopic (exact) mass is 455 g/mol. The van der Waals surface area contributed by atoms with Crippen LogP contribution in [-0.4, -0.2) is 55.1 Å². The smallest absolute Gasteiger partial charge is 0.416 e. The van der Waals surface area contributed by atoms with Crippen molar-refractivity contribution in [1.82, 2.24) is 16.0 Å². The molecule has 1 fully saturated rings. The number of nitrogens with one attached hydrogen (secondary N) is 3. The van der Waals surface area contributed by atoms with Gasteiger partial charge in [0.15, 0.2) is 5.76 Å². The van der Waals surface area contributed by atoms with Crippen molar-refractivity contribution in [2.24, 2.45) is 5.92 Å². The maximum Gasteiger partial charge on any atom is 0.416 e. The lowest BCUT2D eigenvalue weighted by molar-refractivity contribution is -0.840. The number of amides is 4. The van der Waals surface area contributed by atoms with Gasteiger partial charge in [0.1, 0.15) is 11.8 Å². The highest BCUT2D eigenvalue weighted by Gasteiger charge is 2.41. The Kier molecular flexibility index (Phi) is 7.58. The summed E-state index contributed by atoms with van der Waals surface area (Å²) in [6, 6.07) is 10.7. The number of likely N-dealkylation sites (N-methyl/N-ethyl adjacent to an activating group) is 1. The molecule has 0 radical (unpaired) electrons. The molecule has 1 aliphatic heterocycles. The number of urea groups is 1. The fraction of sp³-hybridized carbons (Fsp3) is 0.480. The third-order valence-electron chi connectivity index (χ3n) is 6.65. The predicted octanol–water partition coefficient (Wildman–Crippen LogP) is 3.29. The molecule has 1 aliphatic rings. The number of carbonyl (C=O) groups excluding carboxylic acids is 3. The van der Waals surface area contributed by atoms with Gasteiger partial charge in [0.2, 0.25) is 5.91 Å². The Hall–Kier alpha value is -3.13. The molecule has 33 heavy (non-hydrogen) atoms. The highest BCUT2D eigenvalue weighted by atomic mass is 16.4. The SMILES string of the molecule is CNC(=O)[C@@H](NC(=O)c1ccc(-c2cccc(CNC(=O)[N+]3(C)CCC[C@H]3C)c2)o1)C(C)C. The molecule has 0 spiro atoms. The lowest BCUT2D eigenvalue weighted by atomic mass is 10.0. The van der Waals surface area contributed by atoms with Crippen LogP contribution in [0.1, 0.15) is 49.7 Å². The summed E-state index contributed by atoms with van der Waals surface area (Å²) in [5, 5.41) is 8.36. The van der Waals surface area contributed by atoms with E-state index in [1.165, 1.54) is 7.05 Å². The number of nitrogens with zero attached hydrogens (tertiary/aromatic N) is 1. The van der Waals surface area contributed by atoms with Gasteiger partial charge in [0.05, 0.1) is 19.6 Å². The summed E-state index contributed by atoms with van der Waals surface area (Å²) >= 11 is 0. The van der Waals surface area contributed by atoms with Crippen LogP contribution < -0.4 is 16.0 Å². The average molecular weight is 456 g/mol. The van der Waals surface area contributed by atoms with Crippen LogP contribution in [0.2, 0.25) is 0 Å². The molecule has 1 saturated heterocycles. The van der Waals surface area contributed by atoms with Gasteiger partial charge in [-0.3, -0.25) is 9.59 Å². The highest BCUT2D eigenvalue weighted by Crippen LogP contribution is 2.26. The summed E-state index contributed by atoms with van der Waals surface area (Å²) in [6.07, 6.45) is 2.13. The van der Waals surface area contributed by atoms with Gasteiger partial charge < -0.3 is 20.4 Å². The minimum atomic E-state index is -0.647. The maximum absolute atomic E-state index is 12.8. The topological polar surface area (TPSA) is 100 Å². The lowest BCUT2D eigenvalue weighted by Gasteiger charge is -2.31. The molecule has 8 heteroatoms. The van der Waals surface area contributed by atoms with Crippen LogP contribution >= 0.6 is 0 Å². The van der Waals surface area contributed by atoms with Crippen LogP contribution in [0.4, 0.5) is 4.79 Å². The normalized spacial score (nSPS) is 21.0. The molecule has 3 rings (SSSR count). The molecule has 1 unspecified atom stereocenters. The number of likely N-dealkylation sites (tertiary alicyclic amines) is 1. The van der Waals surface area contributed by atoms with Gasteiger partial charge in [0.25, 0.3) is 5.91 Å². The van der Waals surface area contributed by atoms with Gasteiger partial charge in [0, 0.05) is 32.0 Å². The van der Waals surface area contributed by atoms with Crippen LogP contribution in [-0.2, 0) is 11.3 Å². The third-order valence-corrected chi connectivity index (χ3v) is 6.65. The van der Waals surface area contributed by atoms with Gasteiger partial charge in [-0.2, -0.15) is 0 Å². The summed E-state index contributed by atoms with van der Waals surface area (Å²) < 4.78 is 6.20. The summed E-state index contributed by atoms with van der Waals surface area (Å²) in [5.74, 6) is -0.0772. The quantitative estimate of drug-likeness (QED) is 0.558. The van der Waals surface area contributed by atoms with E-state index in [9.17, 15) is 14.4 Å². The Bertz CT molecular complexity index is 1020. The van der Waals surface area contributed by atoms with Crippen molar-refractivity contribution in [2.75, 3.05) is 20.6 Å². The summed E-state index contributed by atoms with van der Waals surface area (Å²) in [6.45, 7) is 7.14.